The van der Waals surface area contributed by atoms with Crippen LogP contribution in [0.15, 0.2) is 17.0 Å². The van der Waals surface area contributed by atoms with E-state index in [9.17, 15) is 23.3 Å². The molecule has 21 heavy (non-hydrogen) atoms. The second kappa shape index (κ2) is 6.61. The Morgan fingerprint density at radius 1 is 1.48 bits per heavy atom. The standard InChI is InChI=1S/C11H15N3O6S/c1-7-9(11(15)13-3-4-20-2)5-8(14(16)17)6-10(7)21(12,18)19/h5-6H,3-4H2,1-2H3,(H,13,15)(H2,12,18,19). The molecule has 0 unspecified atom stereocenters. The molecule has 0 fully saturated rings. The molecule has 0 saturated heterocycles. The van der Waals surface area contributed by atoms with Gasteiger partial charge >= 0.3 is 0 Å². The summed E-state index contributed by atoms with van der Waals surface area (Å²) < 4.78 is 27.7. The lowest BCUT2D eigenvalue weighted by molar-refractivity contribution is -0.385. The maximum Gasteiger partial charge on any atom is 0.271 e. The van der Waals surface area contributed by atoms with Crippen LogP contribution in [0.1, 0.15) is 15.9 Å². The van der Waals surface area contributed by atoms with Gasteiger partial charge in [0, 0.05) is 25.8 Å². The summed E-state index contributed by atoms with van der Waals surface area (Å²) >= 11 is 0. The van der Waals surface area contributed by atoms with Gasteiger partial charge in [0.2, 0.25) is 10.0 Å². The molecule has 10 heteroatoms. The van der Waals surface area contributed by atoms with Gasteiger partial charge in [-0.1, -0.05) is 0 Å². The molecule has 1 rings (SSSR count). The molecule has 116 valence electrons. The van der Waals surface area contributed by atoms with Gasteiger partial charge in [-0.05, 0) is 12.5 Å². The normalized spacial score (nSPS) is 11.2. The molecule has 3 N–H and O–H groups in total. The number of nitrogens with two attached hydrogens (primary N) is 1. The Bertz CT molecular complexity index is 671. The zero-order valence-corrected chi connectivity index (χ0v) is 12.3. The van der Waals surface area contributed by atoms with E-state index in [1.54, 1.807) is 0 Å². The van der Waals surface area contributed by atoms with E-state index >= 15 is 0 Å². The summed E-state index contributed by atoms with van der Waals surface area (Å²) in [5.74, 6) is -0.641. The average molecular weight is 317 g/mol. The van der Waals surface area contributed by atoms with Crippen molar-refractivity contribution >= 4 is 21.6 Å². The fraction of sp³-hybridized carbons (Fsp3) is 0.364. The highest BCUT2D eigenvalue weighted by Gasteiger charge is 2.23. The molecule has 1 aromatic carbocycles. The number of primary sulfonamides is 1. The minimum Gasteiger partial charge on any atom is -0.383 e. The maximum atomic E-state index is 12.0. The van der Waals surface area contributed by atoms with Gasteiger partial charge in [0.15, 0.2) is 0 Å². The van der Waals surface area contributed by atoms with Gasteiger partial charge in [0.25, 0.3) is 11.6 Å². The van der Waals surface area contributed by atoms with Crippen molar-refractivity contribution in [1.29, 1.82) is 0 Å². The zero-order valence-electron chi connectivity index (χ0n) is 11.5. The van der Waals surface area contributed by atoms with Crippen LogP contribution in [-0.2, 0) is 14.8 Å². The van der Waals surface area contributed by atoms with Crippen LogP contribution in [-0.4, -0.2) is 39.5 Å². The van der Waals surface area contributed by atoms with E-state index in [1.165, 1.54) is 14.0 Å². The number of hydrogen-bond donors (Lipinski definition) is 2. The van der Waals surface area contributed by atoms with Crippen molar-refractivity contribution in [2.45, 2.75) is 11.8 Å². The molecule has 0 aromatic heterocycles. The van der Waals surface area contributed by atoms with Gasteiger partial charge in [-0.3, -0.25) is 14.9 Å². The number of nitrogens with one attached hydrogen (secondary N) is 1. The average Bonchev–Trinajstić information content (AvgIpc) is 2.37. The number of nitro benzene ring substituents is 1. The second-order valence-corrected chi connectivity index (χ2v) is 5.70. The zero-order chi connectivity index (χ0) is 16.2. The number of hydrogen-bond acceptors (Lipinski definition) is 6. The lowest BCUT2D eigenvalue weighted by Crippen LogP contribution is -2.28. The Morgan fingerprint density at radius 2 is 2.10 bits per heavy atom. The Labute approximate surface area is 121 Å². The fourth-order valence-corrected chi connectivity index (χ4v) is 2.49. The molecule has 0 aliphatic heterocycles. The van der Waals surface area contributed by atoms with Crippen molar-refractivity contribution in [2.75, 3.05) is 20.3 Å². The van der Waals surface area contributed by atoms with Crippen LogP contribution in [0, 0.1) is 17.0 Å². The molecular weight excluding hydrogens is 302 g/mol. The van der Waals surface area contributed by atoms with E-state index in [0.29, 0.717) is 0 Å². The van der Waals surface area contributed by atoms with Crippen molar-refractivity contribution in [2.24, 2.45) is 5.14 Å². The Balaban J connectivity index is 3.34. The first-order chi connectivity index (χ1) is 9.68. The van der Waals surface area contributed by atoms with Crippen LogP contribution in [0.3, 0.4) is 0 Å². The van der Waals surface area contributed by atoms with Gasteiger partial charge < -0.3 is 10.1 Å². The summed E-state index contributed by atoms with van der Waals surface area (Å²) in [6, 6.07) is 1.84. The number of nitro groups is 1. The third kappa shape index (κ3) is 4.21. The summed E-state index contributed by atoms with van der Waals surface area (Å²) in [4.78, 5) is 21.6. The second-order valence-electron chi connectivity index (χ2n) is 4.17. The first-order valence-corrected chi connectivity index (χ1v) is 7.32. The van der Waals surface area contributed by atoms with E-state index in [0.717, 1.165) is 12.1 Å². The topological polar surface area (TPSA) is 142 Å². The predicted octanol–water partition coefficient (Wildman–Crippen LogP) is -0.0732. The van der Waals surface area contributed by atoms with Crippen molar-refractivity contribution in [3.8, 4) is 0 Å². The number of amides is 1. The quantitative estimate of drug-likeness (QED) is 0.427. The van der Waals surface area contributed by atoms with E-state index in [2.05, 4.69) is 5.32 Å². The summed E-state index contributed by atoms with van der Waals surface area (Å²) in [6.45, 7) is 1.79. The Morgan fingerprint density at radius 3 is 2.57 bits per heavy atom. The molecule has 0 radical (unpaired) electrons. The van der Waals surface area contributed by atoms with E-state index in [4.69, 9.17) is 9.88 Å². The molecule has 1 aromatic rings. The number of benzene rings is 1. The monoisotopic (exact) mass is 317 g/mol. The lowest BCUT2D eigenvalue weighted by atomic mass is 10.1. The van der Waals surface area contributed by atoms with Gasteiger partial charge in [-0.2, -0.15) is 0 Å². The SMILES string of the molecule is COCCNC(=O)c1cc([N+](=O)[O-])cc(S(N)(=O)=O)c1C. The molecule has 0 aliphatic carbocycles. The van der Waals surface area contributed by atoms with E-state index in [-0.39, 0.29) is 24.3 Å². The number of methoxy groups -OCH3 is 1. The first-order valence-electron chi connectivity index (χ1n) is 5.77. The number of sulfonamides is 1. The third-order valence-corrected chi connectivity index (χ3v) is 3.74. The van der Waals surface area contributed by atoms with E-state index < -0.39 is 31.4 Å². The highest BCUT2D eigenvalue weighted by molar-refractivity contribution is 7.89. The van der Waals surface area contributed by atoms with Crippen LogP contribution in [0.5, 0.6) is 0 Å². The summed E-state index contributed by atoms with van der Waals surface area (Å²) in [5.41, 5.74) is -0.594. The summed E-state index contributed by atoms with van der Waals surface area (Å²) in [7, 11) is -2.73. The number of carbonyl (C=O) groups excluding carboxylic acids is 1. The molecule has 0 atom stereocenters. The molecule has 0 aliphatic rings. The van der Waals surface area contributed by atoms with Crippen LogP contribution < -0.4 is 10.5 Å². The Kier molecular flexibility index (Phi) is 5.35. The fourth-order valence-electron chi connectivity index (χ4n) is 1.67. The number of nitrogens with zero attached hydrogens (tertiary/aromatic N) is 1. The maximum absolute atomic E-state index is 12.0. The molecule has 0 spiro atoms. The van der Waals surface area contributed by atoms with Crippen molar-refractivity contribution in [3.63, 3.8) is 0 Å². The van der Waals surface area contributed by atoms with Gasteiger partial charge in [-0.25, -0.2) is 13.6 Å². The predicted molar refractivity (Wildman–Crippen MR) is 73.4 cm³/mol. The summed E-state index contributed by atoms with van der Waals surface area (Å²) in [6.07, 6.45) is 0. The van der Waals surface area contributed by atoms with Crippen molar-refractivity contribution in [3.05, 3.63) is 33.4 Å². The minimum atomic E-state index is -4.18. The Hall–Kier alpha value is -2.04. The molecule has 9 nitrogen and oxygen atoms in total. The van der Waals surface area contributed by atoms with Crippen LogP contribution in [0.2, 0.25) is 0 Å². The highest BCUT2D eigenvalue weighted by Crippen LogP contribution is 2.25. The molecule has 0 bridgehead atoms. The molecular formula is C11H15N3O6S. The van der Waals surface area contributed by atoms with Crippen LogP contribution >= 0.6 is 0 Å². The van der Waals surface area contributed by atoms with Crippen LogP contribution in [0.4, 0.5) is 5.69 Å². The first kappa shape index (κ1) is 17.0. The van der Waals surface area contributed by atoms with Gasteiger partial charge in [-0.15, -0.1) is 0 Å². The number of non-ortho nitro benzene ring substituents is 1. The van der Waals surface area contributed by atoms with Gasteiger partial charge in [0.05, 0.1) is 22.0 Å². The van der Waals surface area contributed by atoms with Crippen LogP contribution in [0.25, 0.3) is 0 Å². The summed E-state index contributed by atoms with van der Waals surface area (Å²) in [5, 5.41) is 18.3. The van der Waals surface area contributed by atoms with Gasteiger partial charge in [0.1, 0.15) is 0 Å². The van der Waals surface area contributed by atoms with Crippen molar-refractivity contribution in [1.82, 2.24) is 5.32 Å². The molecule has 0 heterocycles. The molecule has 0 saturated carbocycles. The van der Waals surface area contributed by atoms with Crippen molar-refractivity contribution < 1.29 is 22.9 Å². The molecule has 1 amide bonds. The minimum absolute atomic E-state index is 0.0537. The highest BCUT2D eigenvalue weighted by atomic mass is 32.2. The number of ether oxygens (including phenoxy) is 1. The number of carbonyl (C=O) groups is 1. The van der Waals surface area contributed by atoms with E-state index in [1.807, 2.05) is 0 Å². The smallest absolute Gasteiger partial charge is 0.271 e. The number of rotatable bonds is 6. The largest absolute Gasteiger partial charge is 0.383 e. The third-order valence-electron chi connectivity index (χ3n) is 2.70. The lowest BCUT2D eigenvalue weighted by Gasteiger charge is -2.10.